The smallest absolute Gasteiger partial charge is 0.270 e. The van der Waals surface area contributed by atoms with Crippen LogP contribution in [0.3, 0.4) is 0 Å². The van der Waals surface area contributed by atoms with E-state index < -0.39 is 22.0 Å². The number of nitrogens with one attached hydrogen (secondary N) is 2. The monoisotopic (exact) mass is 634 g/mol. The molecule has 0 spiro atoms. The summed E-state index contributed by atoms with van der Waals surface area (Å²) in [6.45, 7) is 5.11. The molecule has 2 N–H and O–H groups in total. The Bertz CT molecular complexity index is 1670. The number of carbonyl (C=O) groups excluding carboxylic acids is 2. The maximum atomic E-state index is 14.7. The van der Waals surface area contributed by atoms with Gasteiger partial charge in [-0.1, -0.05) is 24.3 Å². The number of rotatable bonds is 11. The van der Waals surface area contributed by atoms with Gasteiger partial charge in [0.05, 0.1) is 12.3 Å². The molecule has 5 rings (SSSR count). The number of benzene rings is 2. The highest BCUT2D eigenvalue weighted by atomic mass is 32.3. The Balaban J connectivity index is 1.34. The van der Waals surface area contributed by atoms with Gasteiger partial charge in [-0.2, -0.15) is 10.2 Å². The number of anilines is 1. The van der Waals surface area contributed by atoms with Crippen LogP contribution in [0.15, 0.2) is 54.7 Å². The van der Waals surface area contributed by atoms with Crippen LogP contribution in [-0.2, 0) is 29.7 Å². The second kappa shape index (κ2) is 13.6. The van der Waals surface area contributed by atoms with Gasteiger partial charge < -0.3 is 15.4 Å². The summed E-state index contributed by atoms with van der Waals surface area (Å²) in [7, 11) is 1.06. The van der Waals surface area contributed by atoms with Gasteiger partial charge in [0, 0.05) is 41.9 Å². The molecule has 0 aliphatic heterocycles. The van der Waals surface area contributed by atoms with Gasteiger partial charge in [0.1, 0.15) is 24.3 Å². The van der Waals surface area contributed by atoms with Crippen molar-refractivity contribution in [2.75, 3.05) is 36.4 Å². The molecule has 0 saturated carbocycles. The molecule has 240 valence electrons. The van der Waals surface area contributed by atoms with Gasteiger partial charge in [-0.05, 0) is 92.8 Å². The Hall–Kier alpha value is -3.96. The Kier molecular flexibility index (Phi) is 9.79. The van der Waals surface area contributed by atoms with Crippen LogP contribution in [0.25, 0.3) is 11.1 Å². The third-order valence-electron chi connectivity index (χ3n) is 8.40. The molecule has 45 heavy (non-hydrogen) atoms. The predicted octanol–water partition coefficient (Wildman–Crippen LogP) is 5.56. The van der Waals surface area contributed by atoms with E-state index in [9.17, 15) is 14.0 Å². The zero-order valence-electron chi connectivity index (χ0n) is 26.9. The fourth-order valence-electron chi connectivity index (χ4n) is 5.99. The molecule has 1 unspecified atom stereocenters. The molecule has 0 fully saturated rings. The average Bonchev–Trinajstić information content (AvgIpc) is 3.55. The molecule has 2 amide bonds. The van der Waals surface area contributed by atoms with Crippen molar-refractivity contribution in [1.29, 1.82) is 0 Å². The molecular formula is C34H43FN6O3S. The van der Waals surface area contributed by atoms with Gasteiger partial charge in [0.2, 0.25) is 5.91 Å². The molecule has 0 bridgehead atoms. The van der Waals surface area contributed by atoms with Crippen molar-refractivity contribution in [3.05, 3.63) is 88.8 Å². The first-order valence-electron chi connectivity index (χ1n) is 15.2. The number of aromatic nitrogens is 4. The van der Waals surface area contributed by atoms with Crippen molar-refractivity contribution in [3.63, 3.8) is 0 Å². The quantitative estimate of drug-likeness (QED) is 0.210. The highest BCUT2D eigenvalue weighted by Crippen LogP contribution is 2.36. The Morgan fingerprint density at radius 2 is 1.87 bits per heavy atom. The first kappa shape index (κ1) is 32.4. The lowest BCUT2D eigenvalue weighted by Gasteiger charge is -2.32. The van der Waals surface area contributed by atoms with Gasteiger partial charge in [0.25, 0.3) is 5.91 Å². The van der Waals surface area contributed by atoms with Gasteiger partial charge >= 0.3 is 0 Å². The third-order valence-corrected chi connectivity index (χ3v) is 9.79. The van der Waals surface area contributed by atoms with Crippen molar-refractivity contribution in [2.24, 2.45) is 7.05 Å². The van der Waals surface area contributed by atoms with E-state index in [4.69, 9.17) is 9.84 Å². The molecular weight excluding hydrogens is 591 g/mol. The van der Waals surface area contributed by atoms with Crippen LogP contribution >= 0.6 is 10.0 Å². The summed E-state index contributed by atoms with van der Waals surface area (Å²) in [4.78, 5) is 27.2. The minimum atomic E-state index is -0.921. The number of halogens is 1. The van der Waals surface area contributed by atoms with Gasteiger partial charge in [-0.3, -0.25) is 14.3 Å². The number of hydrogen-bond acceptors (Lipinski definition) is 5. The minimum Gasteiger partial charge on any atom is -0.358 e. The van der Waals surface area contributed by atoms with Gasteiger partial charge in [-0.15, -0.1) is 0 Å². The number of ether oxygens (including phenoxy) is 1. The second-order valence-electron chi connectivity index (χ2n) is 12.5. The third kappa shape index (κ3) is 7.48. The summed E-state index contributed by atoms with van der Waals surface area (Å²) in [5, 5.41) is 14.7. The van der Waals surface area contributed by atoms with Crippen molar-refractivity contribution >= 4 is 27.5 Å². The fourth-order valence-corrected chi connectivity index (χ4v) is 6.61. The average molecular weight is 635 g/mol. The van der Waals surface area contributed by atoms with Crippen LogP contribution < -0.4 is 10.6 Å². The van der Waals surface area contributed by atoms with E-state index in [0.29, 0.717) is 49.5 Å². The first-order valence-corrected chi connectivity index (χ1v) is 18.2. The molecule has 2 aromatic heterocycles. The Labute approximate surface area is 265 Å². The maximum Gasteiger partial charge on any atom is 0.270 e. The molecule has 2 heterocycles. The van der Waals surface area contributed by atoms with Crippen LogP contribution in [0.5, 0.6) is 0 Å². The highest BCUT2D eigenvalue weighted by Gasteiger charge is 2.35. The molecule has 4 aromatic rings. The molecule has 1 aliphatic carbocycles. The molecule has 1 aliphatic rings. The predicted molar refractivity (Wildman–Crippen MR) is 178 cm³/mol. The SMILES string of the molecule is Cc1nn(COCCS(C)(C)C)c(C)c1-c1ccc(NC(=O)C(NC(=O)c2ccnn2C)[C@H]2CCCc3c(F)cccc32)cc1. The van der Waals surface area contributed by atoms with E-state index >= 15 is 0 Å². The van der Waals surface area contributed by atoms with Crippen molar-refractivity contribution in [3.8, 4) is 11.1 Å². The number of aryl methyl sites for hydroxylation is 2. The number of nitrogens with zero attached hydrogens (tertiary/aromatic N) is 4. The maximum absolute atomic E-state index is 14.7. The van der Waals surface area contributed by atoms with Gasteiger partial charge in [-0.25, -0.2) is 19.1 Å². The van der Waals surface area contributed by atoms with Crippen LogP contribution in [0, 0.1) is 19.7 Å². The summed E-state index contributed by atoms with van der Waals surface area (Å²) in [5.41, 5.74) is 6.20. The lowest BCUT2D eigenvalue weighted by atomic mass is 9.78. The van der Waals surface area contributed by atoms with E-state index in [0.717, 1.165) is 33.8 Å². The van der Waals surface area contributed by atoms with Crippen LogP contribution in [0.4, 0.5) is 10.1 Å². The van der Waals surface area contributed by atoms with E-state index in [1.54, 1.807) is 19.2 Å². The van der Waals surface area contributed by atoms with Crippen LogP contribution in [-0.4, -0.2) is 68.5 Å². The molecule has 0 radical (unpaired) electrons. The molecule has 9 nitrogen and oxygen atoms in total. The Morgan fingerprint density at radius 1 is 1.11 bits per heavy atom. The lowest BCUT2D eigenvalue weighted by molar-refractivity contribution is -0.118. The normalized spacial score (nSPS) is 15.8. The van der Waals surface area contributed by atoms with Crippen LogP contribution in [0.2, 0.25) is 0 Å². The van der Waals surface area contributed by atoms with Crippen molar-refractivity contribution < 1.29 is 18.7 Å². The second-order valence-corrected chi connectivity index (χ2v) is 17.1. The summed E-state index contributed by atoms with van der Waals surface area (Å²) in [5.74, 6) is -0.402. The molecule has 0 saturated heterocycles. The number of amides is 2. The van der Waals surface area contributed by atoms with E-state index in [-0.39, 0.29) is 17.6 Å². The minimum absolute atomic E-state index is 0.281. The molecule has 2 aromatic carbocycles. The highest BCUT2D eigenvalue weighted by molar-refractivity contribution is 8.32. The topological polar surface area (TPSA) is 103 Å². The number of hydrogen-bond donors (Lipinski definition) is 2. The molecule has 2 atom stereocenters. The van der Waals surface area contributed by atoms with Gasteiger partial charge in [0.15, 0.2) is 0 Å². The summed E-state index contributed by atoms with van der Waals surface area (Å²) in [6.07, 6.45) is 10.3. The lowest BCUT2D eigenvalue weighted by Crippen LogP contribution is -2.48. The van der Waals surface area contributed by atoms with Crippen molar-refractivity contribution in [1.82, 2.24) is 24.9 Å². The molecule has 11 heteroatoms. The number of carbonyl (C=O) groups is 2. The largest absolute Gasteiger partial charge is 0.358 e. The zero-order valence-corrected chi connectivity index (χ0v) is 27.7. The van der Waals surface area contributed by atoms with Crippen molar-refractivity contribution in [2.45, 2.75) is 51.8 Å². The van der Waals surface area contributed by atoms with E-state index in [2.05, 4.69) is 34.5 Å². The standard InChI is InChI=1S/C34H43FN6O3S/c1-22-31(23(2)41(39-22)21-44-19-20-45(4,5)6)24-13-15-25(16-14-24)37-34(43)32(38-33(42)30-17-18-36-40(30)3)28-11-7-10-27-26(28)9-8-12-29(27)35/h8-9,12-18,28,32H,7,10-11,19-21H2,1-6H3,(H,37,43)(H,38,42)/t28-,32?/m0/s1. The number of fused-ring (bicyclic) bond motifs is 1. The summed E-state index contributed by atoms with van der Waals surface area (Å²) < 4.78 is 24.0. The summed E-state index contributed by atoms with van der Waals surface area (Å²) in [6, 6.07) is 13.2. The Morgan fingerprint density at radius 3 is 2.56 bits per heavy atom. The van der Waals surface area contributed by atoms with E-state index in [1.807, 2.05) is 48.9 Å². The first-order chi connectivity index (χ1) is 21.4. The fraction of sp³-hybridized carbons (Fsp3) is 0.412. The van der Waals surface area contributed by atoms with Crippen LogP contribution in [0.1, 0.15) is 51.8 Å². The zero-order chi connectivity index (χ0) is 32.3. The van der Waals surface area contributed by atoms with E-state index in [1.165, 1.54) is 16.9 Å². The summed E-state index contributed by atoms with van der Waals surface area (Å²) >= 11 is 0.